The van der Waals surface area contributed by atoms with Crippen LogP contribution in [-0.4, -0.2) is 22.3 Å². The fourth-order valence-electron chi connectivity index (χ4n) is 3.67. The summed E-state index contributed by atoms with van der Waals surface area (Å²) in [5.41, 5.74) is 3.34. The molecule has 0 radical (unpaired) electrons. The van der Waals surface area contributed by atoms with Gasteiger partial charge in [0.15, 0.2) is 0 Å². The molecular weight excluding hydrogens is 334 g/mol. The van der Waals surface area contributed by atoms with E-state index >= 15 is 0 Å². The number of nitrogens with one attached hydrogen (secondary N) is 1. The van der Waals surface area contributed by atoms with Gasteiger partial charge in [0.05, 0.1) is 6.04 Å². The van der Waals surface area contributed by atoms with Crippen molar-refractivity contribution in [2.75, 3.05) is 6.54 Å². The van der Waals surface area contributed by atoms with Crippen LogP contribution in [0.5, 0.6) is 0 Å². The summed E-state index contributed by atoms with van der Waals surface area (Å²) in [6, 6.07) is 4.24. The van der Waals surface area contributed by atoms with E-state index in [1.54, 1.807) is 18.3 Å². The average molecular weight is 355 g/mol. The number of aryl methyl sites for hydroxylation is 1. The van der Waals surface area contributed by atoms with E-state index < -0.39 is 0 Å². The molecule has 0 bridgehead atoms. The van der Waals surface area contributed by atoms with Gasteiger partial charge in [0.25, 0.3) is 5.56 Å². The Bertz CT molecular complexity index is 877. The Morgan fingerprint density at radius 3 is 2.96 bits per heavy atom. The van der Waals surface area contributed by atoms with Gasteiger partial charge in [0.1, 0.15) is 11.6 Å². The van der Waals surface area contributed by atoms with Gasteiger partial charge in [-0.15, -0.1) is 0 Å². The second kappa shape index (κ2) is 7.24. The zero-order valence-electron chi connectivity index (χ0n) is 14.5. The van der Waals surface area contributed by atoms with E-state index in [0.717, 1.165) is 30.6 Å². The molecule has 1 N–H and O–H groups in total. The molecule has 1 aliphatic heterocycles. The van der Waals surface area contributed by atoms with E-state index in [4.69, 9.17) is 5.26 Å². The third kappa shape index (κ3) is 3.38. The number of carbonyl (C=O) groups is 1. The second-order valence-corrected chi connectivity index (χ2v) is 7.25. The highest BCUT2D eigenvalue weighted by Crippen LogP contribution is 2.33. The van der Waals surface area contributed by atoms with Crippen molar-refractivity contribution >= 4 is 17.2 Å². The maximum atomic E-state index is 12.8. The van der Waals surface area contributed by atoms with E-state index in [1.807, 2.05) is 23.3 Å². The number of H-pyrrole nitrogens is 1. The number of nitriles is 1. The lowest BCUT2D eigenvalue weighted by molar-refractivity contribution is -0.132. The molecule has 25 heavy (non-hydrogen) atoms. The monoisotopic (exact) mass is 355 g/mol. The van der Waals surface area contributed by atoms with Gasteiger partial charge in [-0.1, -0.05) is 0 Å². The molecule has 0 aliphatic carbocycles. The number of hydrogen-bond acceptors (Lipinski definition) is 4. The molecule has 0 spiro atoms. The van der Waals surface area contributed by atoms with Crippen LogP contribution in [0.4, 0.5) is 0 Å². The molecule has 2 aromatic heterocycles. The number of aromatic amines is 1. The van der Waals surface area contributed by atoms with Crippen molar-refractivity contribution in [3.63, 3.8) is 0 Å². The molecule has 5 nitrogen and oxygen atoms in total. The lowest BCUT2D eigenvalue weighted by Gasteiger charge is -2.24. The first-order chi connectivity index (χ1) is 12.0. The highest BCUT2D eigenvalue weighted by molar-refractivity contribution is 7.07. The number of amides is 1. The predicted molar refractivity (Wildman–Crippen MR) is 97.6 cm³/mol. The molecule has 1 fully saturated rings. The molecule has 1 unspecified atom stereocenters. The van der Waals surface area contributed by atoms with Gasteiger partial charge in [-0.25, -0.2) is 0 Å². The Morgan fingerprint density at radius 1 is 1.48 bits per heavy atom. The van der Waals surface area contributed by atoms with Crippen molar-refractivity contribution in [1.82, 2.24) is 9.88 Å². The van der Waals surface area contributed by atoms with Gasteiger partial charge >= 0.3 is 0 Å². The smallest absolute Gasteiger partial charge is 0.266 e. The maximum absolute atomic E-state index is 12.8. The molecule has 1 atom stereocenters. The summed E-state index contributed by atoms with van der Waals surface area (Å²) in [5, 5.41) is 13.3. The van der Waals surface area contributed by atoms with Gasteiger partial charge in [-0.05, 0) is 66.6 Å². The van der Waals surface area contributed by atoms with Crippen LogP contribution in [0.1, 0.15) is 53.3 Å². The number of carbonyl (C=O) groups excluding carboxylic acids is 1. The van der Waals surface area contributed by atoms with Gasteiger partial charge in [-0.2, -0.15) is 16.6 Å². The SMILES string of the molecule is Cc1[nH]c(=O)c(C#N)c(C)c1CCC(=O)N1CCCC1c1ccsc1. The minimum absolute atomic E-state index is 0.136. The third-order valence-corrected chi connectivity index (χ3v) is 5.71. The summed E-state index contributed by atoms with van der Waals surface area (Å²) >= 11 is 1.66. The van der Waals surface area contributed by atoms with Crippen LogP contribution >= 0.6 is 11.3 Å². The average Bonchev–Trinajstić information content (AvgIpc) is 3.25. The van der Waals surface area contributed by atoms with Crippen molar-refractivity contribution in [2.45, 2.75) is 45.6 Å². The number of nitrogens with zero attached hydrogens (tertiary/aromatic N) is 2. The Hall–Kier alpha value is -2.39. The highest BCUT2D eigenvalue weighted by Gasteiger charge is 2.30. The van der Waals surface area contributed by atoms with Crippen LogP contribution in [0.3, 0.4) is 0 Å². The molecule has 1 amide bonds. The zero-order chi connectivity index (χ0) is 18.0. The van der Waals surface area contributed by atoms with E-state index in [9.17, 15) is 9.59 Å². The highest BCUT2D eigenvalue weighted by atomic mass is 32.1. The molecule has 0 aromatic carbocycles. The first-order valence-electron chi connectivity index (χ1n) is 8.47. The Kier molecular flexibility index (Phi) is 5.05. The fraction of sp³-hybridized carbons (Fsp3) is 0.421. The molecule has 0 saturated carbocycles. The van der Waals surface area contributed by atoms with E-state index in [-0.39, 0.29) is 23.1 Å². The fourth-order valence-corrected chi connectivity index (χ4v) is 4.38. The van der Waals surface area contributed by atoms with Crippen LogP contribution in [0.15, 0.2) is 21.6 Å². The minimum atomic E-state index is -0.357. The summed E-state index contributed by atoms with van der Waals surface area (Å²) in [4.78, 5) is 29.3. The maximum Gasteiger partial charge on any atom is 0.266 e. The Morgan fingerprint density at radius 2 is 2.28 bits per heavy atom. The predicted octanol–water partition coefficient (Wildman–Crippen LogP) is 3.22. The van der Waals surface area contributed by atoms with E-state index in [1.165, 1.54) is 5.56 Å². The molecule has 3 rings (SSSR count). The van der Waals surface area contributed by atoms with Gasteiger partial charge < -0.3 is 9.88 Å². The lowest BCUT2D eigenvalue weighted by Crippen LogP contribution is -2.30. The normalized spacial score (nSPS) is 16.8. The van der Waals surface area contributed by atoms with Crippen molar-refractivity contribution < 1.29 is 4.79 Å². The summed E-state index contributed by atoms with van der Waals surface area (Å²) in [6.07, 6.45) is 2.97. The summed E-state index contributed by atoms with van der Waals surface area (Å²) < 4.78 is 0. The van der Waals surface area contributed by atoms with Crippen LogP contribution in [-0.2, 0) is 11.2 Å². The van der Waals surface area contributed by atoms with Crippen LogP contribution in [0.25, 0.3) is 0 Å². The summed E-state index contributed by atoms with van der Waals surface area (Å²) in [5.74, 6) is 0.136. The van der Waals surface area contributed by atoms with Crippen molar-refractivity contribution in [3.05, 3.63) is 55.1 Å². The molecule has 1 saturated heterocycles. The Labute approximate surface area is 150 Å². The number of hydrogen-bond donors (Lipinski definition) is 1. The molecule has 2 aromatic rings. The number of thiophene rings is 1. The third-order valence-electron chi connectivity index (χ3n) is 5.01. The van der Waals surface area contributed by atoms with Crippen molar-refractivity contribution in [3.8, 4) is 6.07 Å². The molecular formula is C19H21N3O2S. The summed E-state index contributed by atoms with van der Waals surface area (Å²) in [7, 11) is 0. The molecule has 1 aliphatic rings. The van der Waals surface area contributed by atoms with Crippen molar-refractivity contribution in [2.24, 2.45) is 0 Å². The van der Waals surface area contributed by atoms with Gasteiger partial charge in [-0.3, -0.25) is 9.59 Å². The van der Waals surface area contributed by atoms with Crippen LogP contribution in [0.2, 0.25) is 0 Å². The Balaban J connectivity index is 1.75. The first-order valence-corrected chi connectivity index (χ1v) is 9.41. The summed E-state index contributed by atoms with van der Waals surface area (Å²) in [6.45, 7) is 4.40. The molecule has 3 heterocycles. The standard InChI is InChI=1S/C19H21N3O2S/c1-12-15(13(2)21-19(24)16(12)10-20)5-6-18(23)22-8-3-4-17(22)14-7-9-25-11-14/h7,9,11,17H,3-6,8H2,1-2H3,(H,21,24). The first kappa shape index (κ1) is 17.4. The number of aromatic nitrogens is 1. The topological polar surface area (TPSA) is 77.0 Å². The lowest BCUT2D eigenvalue weighted by atomic mass is 9.98. The quantitative estimate of drug-likeness (QED) is 0.915. The molecule has 130 valence electrons. The number of likely N-dealkylation sites (tertiary alicyclic amines) is 1. The van der Waals surface area contributed by atoms with E-state index in [0.29, 0.717) is 18.4 Å². The minimum Gasteiger partial charge on any atom is -0.336 e. The zero-order valence-corrected chi connectivity index (χ0v) is 15.3. The van der Waals surface area contributed by atoms with Crippen LogP contribution in [0, 0.1) is 25.2 Å². The molecule has 6 heteroatoms. The van der Waals surface area contributed by atoms with E-state index in [2.05, 4.69) is 16.4 Å². The van der Waals surface area contributed by atoms with Crippen molar-refractivity contribution in [1.29, 1.82) is 5.26 Å². The second-order valence-electron chi connectivity index (χ2n) is 6.47. The van der Waals surface area contributed by atoms with Crippen LogP contribution < -0.4 is 5.56 Å². The largest absolute Gasteiger partial charge is 0.336 e. The number of pyridine rings is 1. The van der Waals surface area contributed by atoms with Gasteiger partial charge in [0, 0.05) is 18.7 Å². The number of rotatable bonds is 4. The van der Waals surface area contributed by atoms with Gasteiger partial charge in [0.2, 0.25) is 5.91 Å².